The molecule has 0 bridgehead atoms. The number of carboxylic acid groups (broad SMARTS) is 1. The van der Waals surface area contributed by atoms with E-state index in [9.17, 15) is 4.79 Å². The van der Waals surface area contributed by atoms with Crippen molar-refractivity contribution in [3.63, 3.8) is 0 Å². The molecule has 0 aliphatic heterocycles. The Bertz CT molecular complexity index is 439. The average molecular weight is 313 g/mol. The monoisotopic (exact) mass is 312 g/mol. The van der Waals surface area contributed by atoms with Crippen LogP contribution in [0.3, 0.4) is 0 Å². The van der Waals surface area contributed by atoms with Crippen molar-refractivity contribution in [2.24, 2.45) is 5.41 Å². The highest BCUT2D eigenvalue weighted by molar-refractivity contribution is 9.12. The lowest BCUT2D eigenvalue weighted by Gasteiger charge is -2.32. The van der Waals surface area contributed by atoms with Gasteiger partial charge in [0, 0.05) is 0 Å². The maximum absolute atomic E-state index is 10.8. The first-order valence-corrected chi connectivity index (χ1v) is 7.03. The summed E-state index contributed by atoms with van der Waals surface area (Å²) in [4.78, 5) is 10.8. The van der Waals surface area contributed by atoms with Gasteiger partial charge < -0.3 is 5.11 Å². The van der Waals surface area contributed by atoms with Gasteiger partial charge >= 0.3 is 5.97 Å². The zero-order valence-corrected chi connectivity index (χ0v) is 13.1. The molecule has 0 spiro atoms. The Hall–Kier alpha value is -0.830. The Balaban J connectivity index is 3.03. The average Bonchev–Trinajstić information content (AvgIpc) is 2.25. The molecule has 0 aromatic rings. The van der Waals surface area contributed by atoms with Crippen molar-refractivity contribution in [3.8, 4) is 0 Å². The van der Waals surface area contributed by atoms with Crippen LogP contribution in [0, 0.1) is 5.41 Å². The van der Waals surface area contributed by atoms with E-state index in [0.717, 1.165) is 12.0 Å². The zero-order valence-electron chi connectivity index (χ0n) is 11.5. The van der Waals surface area contributed by atoms with E-state index in [-0.39, 0.29) is 9.90 Å². The lowest BCUT2D eigenvalue weighted by atomic mass is 9.72. The Morgan fingerprint density at radius 3 is 2.56 bits per heavy atom. The van der Waals surface area contributed by atoms with E-state index < -0.39 is 5.97 Å². The fourth-order valence-corrected chi connectivity index (χ4v) is 2.59. The summed E-state index contributed by atoms with van der Waals surface area (Å²) in [5.74, 6) is -0.925. The van der Waals surface area contributed by atoms with Gasteiger partial charge in [-0.25, -0.2) is 4.79 Å². The van der Waals surface area contributed by atoms with Crippen LogP contribution in [0.2, 0.25) is 0 Å². The molecule has 0 amide bonds. The number of halogens is 1. The van der Waals surface area contributed by atoms with Gasteiger partial charge in [-0.1, -0.05) is 31.6 Å². The van der Waals surface area contributed by atoms with Gasteiger partial charge in [-0.15, -0.1) is 0 Å². The second kappa shape index (κ2) is 5.87. The van der Waals surface area contributed by atoms with Crippen LogP contribution in [-0.2, 0) is 4.79 Å². The minimum Gasteiger partial charge on any atom is -0.477 e. The highest BCUT2D eigenvalue weighted by Crippen LogP contribution is 2.40. The molecule has 0 heterocycles. The summed E-state index contributed by atoms with van der Waals surface area (Å²) in [6, 6.07) is 0. The molecule has 1 rings (SSSR count). The van der Waals surface area contributed by atoms with Gasteiger partial charge in [0.05, 0.1) is 0 Å². The van der Waals surface area contributed by atoms with Crippen LogP contribution in [0.4, 0.5) is 0 Å². The van der Waals surface area contributed by atoms with Gasteiger partial charge in [0.1, 0.15) is 4.48 Å². The largest absolute Gasteiger partial charge is 0.477 e. The molecule has 0 unspecified atom stereocenters. The summed E-state index contributed by atoms with van der Waals surface area (Å²) in [6.45, 7) is 8.48. The van der Waals surface area contributed by atoms with Crippen LogP contribution in [0.1, 0.15) is 47.0 Å². The second-order valence-electron chi connectivity index (χ2n) is 5.57. The number of hydrogen-bond donors (Lipinski definition) is 1. The highest BCUT2D eigenvalue weighted by atomic mass is 79.9. The molecule has 0 atom stereocenters. The fourth-order valence-electron chi connectivity index (χ4n) is 2.46. The molecule has 0 radical (unpaired) electrons. The molecule has 0 aromatic carbocycles. The molecule has 1 aliphatic carbocycles. The topological polar surface area (TPSA) is 37.3 Å². The second-order valence-corrected chi connectivity index (χ2v) is 6.36. The van der Waals surface area contributed by atoms with Crippen LogP contribution in [-0.4, -0.2) is 11.1 Å². The van der Waals surface area contributed by atoms with E-state index in [0.29, 0.717) is 0 Å². The van der Waals surface area contributed by atoms with Crippen molar-refractivity contribution < 1.29 is 9.90 Å². The van der Waals surface area contributed by atoms with Crippen LogP contribution < -0.4 is 0 Å². The molecule has 18 heavy (non-hydrogen) atoms. The van der Waals surface area contributed by atoms with Crippen molar-refractivity contribution >= 4 is 21.9 Å². The smallest absolute Gasteiger partial charge is 0.343 e. The molecule has 1 N–H and O–H groups in total. The van der Waals surface area contributed by atoms with E-state index in [2.05, 4.69) is 42.8 Å². The number of rotatable bonds is 3. The third-order valence-electron chi connectivity index (χ3n) is 3.58. The maximum atomic E-state index is 10.8. The normalized spacial score (nSPS) is 21.2. The van der Waals surface area contributed by atoms with Crippen molar-refractivity contribution in [2.45, 2.75) is 47.0 Å². The number of hydrogen-bond acceptors (Lipinski definition) is 1. The maximum Gasteiger partial charge on any atom is 0.343 e. The van der Waals surface area contributed by atoms with E-state index >= 15 is 0 Å². The molecule has 0 aromatic heterocycles. The summed E-state index contributed by atoms with van der Waals surface area (Å²) < 4.78 is 0.227. The summed E-state index contributed by atoms with van der Waals surface area (Å²) in [5, 5.41) is 8.89. The molecule has 0 saturated heterocycles. The van der Waals surface area contributed by atoms with Crippen molar-refractivity contribution in [3.05, 3.63) is 33.4 Å². The number of carboxylic acids is 1. The Morgan fingerprint density at radius 1 is 1.44 bits per heavy atom. The number of carbonyl (C=O) groups is 1. The van der Waals surface area contributed by atoms with Crippen molar-refractivity contribution in [1.29, 1.82) is 0 Å². The molecule has 100 valence electrons. The molecule has 0 fully saturated rings. The quantitative estimate of drug-likeness (QED) is 0.599. The summed E-state index contributed by atoms with van der Waals surface area (Å²) >= 11 is 3.09. The van der Waals surface area contributed by atoms with E-state index in [1.165, 1.54) is 24.0 Å². The summed E-state index contributed by atoms with van der Waals surface area (Å²) in [5.41, 5.74) is 3.69. The third kappa shape index (κ3) is 3.58. The lowest BCUT2D eigenvalue weighted by Crippen LogP contribution is -2.19. The Morgan fingerprint density at radius 2 is 2.06 bits per heavy atom. The number of allylic oxidation sites excluding steroid dienone is 5. The SMILES string of the molecule is CC1=C(/C=C/C(C)=C(/Br)C(=O)O)C(C)(C)CCC1. The van der Waals surface area contributed by atoms with Gasteiger partial charge in [0.2, 0.25) is 0 Å². The van der Waals surface area contributed by atoms with E-state index in [1.807, 2.05) is 6.08 Å². The standard InChI is InChI=1S/C15H21BrO2/c1-10-6-5-9-15(3,4)12(10)8-7-11(2)13(16)14(17)18/h7-8H,5-6,9H2,1-4H3,(H,17,18)/b8-7+,13-11+. The van der Waals surface area contributed by atoms with Crippen LogP contribution in [0.15, 0.2) is 33.4 Å². The Kier molecular flexibility index (Phi) is 4.97. The summed E-state index contributed by atoms with van der Waals surface area (Å²) in [6.07, 6.45) is 7.54. The molecule has 3 heteroatoms. The van der Waals surface area contributed by atoms with E-state index in [4.69, 9.17) is 5.11 Å². The number of aliphatic carboxylic acids is 1. The third-order valence-corrected chi connectivity index (χ3v) is 4.54. The van der Waals surface area contributed by atoms with E-state index in [1.54, 1.807) is 6.92 Å². The van der Waals surface area contributed by atoms with Crippen LogP contribution >= 0.6 is 15.9 Å². The van der Waals surface area contributed by atoms with Gasteiger partial charge in [-0.2, -0.15) is 0 Å². The minimum atomic E-state index is -0.925. The molecule has 1 aliphatic rings. The van der Waals surface area contributed by atoms with Gasteiger partial charge in [0.25, 0.3) is 0 Å². The Labute approximate surface area is 118 Å². The highest BCUT2D eigenvalue weighted by Gasteiger charge is 2.26. The fraction of sp³-hybridized carbons (Fsp3) is 0.533. The molecule has 0 saturated carbocycles. The molecular formula is C15H21BrO2. The van der Waals surface area contributed by atoms with Crippen molar-refractivity contribution in [1.82, 2.24) is 0 Å². The van der Waals surface area contributed by atoms with Gasteiger partial charge in [0.15, 0.2) is 0 Å². The van der Waals surface area contributed by atoms with Crippen LogP contribution in [0.25, 0.3) is 0 Å². The minimum absolute atomic E-state index is 0.189. The molecule has 2 nitrogen and oxygen atoms in total. The van der Waals surface area contributed by atoms with Gasteiger partial charge in [-0.05, 0) is 65.6 Å². The predicted molar refractivity (Wildman–Crippen MR) is 78.7 cm³/mol. The first-order chi connectivity index (χ1) is 8.25. The van der Waals surface area contributed by atoms with Crippen LogP contribution in [0.5, 0.6) is 0 Å². The van der Waals surface area contributed by atoms with Gasteiger partial charge in [-0.3, -0.25) is 0 Å². The first-order valence-electron chi connectivity index (χ1n) is 6.23. The zero-order chi connectivity index (χ0) is 13.9. The first kappa shape index (κ1) is 15.2. The predicted octanol–water partition coefficient (Wildman–Crippen LogP) is 4.82. The van der Waals surface area contributed by atoms with Crippen molar-refractivity contribution in [2.75, 3.05) is 0 Å². The molecular weight excluding hydrogens is 292 g/mol. The summed E-state index contributed by atoms with van der Waals surface area (Å²) in [7, 11) is 0. The lowest BCUT2D eigenvalue weighted by molar-refractivity contribution is -0.131.